The van der Waals surface area contributed by atoms with E-state index in [9.17, 15) is 4.79 Å². The topological polar surface area (TPSA) is 48.7 Å². The fraction of sp³-hybridized carbons (Fsp3) is 0.421. The molecule has 1 atom stereocenters. The van der Waals surface area contributed by atoms with Gasteiger partial charge in [0.15, 0.2) is 0 Å². The number of carbonyl (C=O) groups excluding carboxylic acids is 1. The van der Waals surface area contributed by atoms with Gasteiger partial charge in [-0.1, -0.05) is 30.3 Å². The van der Waals surface area contributed by atoms with E-state index in [1.807, 2.05) is 47.4 Å². The Labute approximate surface area is 142 Å². The molecule has 2 aliphatic rings. The number of urea groups is 1. The third kappa shape index (κ3) is 3.31. The van der Waals surface area contributed by atoms with Crippen LogP contribution < -0.4 is 5.32 Å². The summed E-state index contributed by atoms with van der Waals surface area (Å²) < 4.78 is 5.55. The van der Waals surface area contributed by atoms with Crippen LogP contribution in [0.1, 0.15) is 30.2 Å². The zero-order valence-corrected chi connectivity index (χ0v) is 13.7. The third-order valence-corrected chi connectivity index (χ3v) is 4.89. The molecule has 1 N–H and O–H groups in total. The van der Waals surface area contributed by atoms with Crippen LogP contribution in [0.3, 0.4) is 0 Å². The van der Waals surface area contributed by atoms with Gasteiger partial charge < -0.3 is 14.6 Å². The van der Waals surface area contributed by atoms with Crippen molar-refractivity contribution in [3.63, 3.8) is 0 Å². The van der Waals surface area contributed by atoms with Gasteiger partial charge >= 0.3 is 6.03 Å². The van der Waals surface area contributed by atoms with Crippen molar-refractivity contribution in [2.45, 2.75) is 24.9 Å². The van der Waals surface area contributed by atoms with Gasteiger partial charge in [-0.05, 0) is 30.5 Å². The molecule has 1 saturated heterocycles. The largest absolute Gasteiger partial charge is 0.467 e. The summed E-state index contributed by atoms with van der Waals surface area (Å²) in [6.07, 6.45) is 4.29. The Morgan fingerprint density at radius 2 is 1.79 bits per heavy atom. The highest BCUT2D eigenvalue weighted by Gasteiger charge is 2.32. The number of rotatable bonds is 4. The van der Waals surface area contributed by atoms with Crippen LogP contribution >= 0.6 is 0 Å². The van der Waals surface area contributed by atoms with Crippen molar-refractivity contribution < 1.29 is 9.21 Å². The lowest BCUT2D eigenvalue weighted by Gasteiger charge is -2.35. The van der Waals surface area contributed by atoms with Crippen molar-refractivity contribution in [2.24, 2.45) is 0 Å². The first-order chi connectivity index (χ1) is 11.8. The van der Waals surface area contributed by atoms with Crippen LogP contribution in [0.5, 0.6) is 0 Å². The summed E-state index contributed by atoms with van der Waals surface area (Å²) in [5.74, 6) is 0.756. The molecule has 0 bridgehead atoms. The van der Waals surface area contributed by atoms with E-state index in [4.69, 9.17) is 4.42 Å². The molecule has 0 spiro atoms. The van der Waals surface area contributed by atoms with Gasteiger partial charge in [-0.15, -0.1) is 0 Å². The maximum Gasteiger partial charge on any atom is 0.318 e. The molecule has 24 heavy (non-hydrogen) atoms. The average Bonchev–Trinajstić information content (AvgIpc) is 3.35. The molecule has 0 unspecified atom stereocenters. The SMILES string of the molecule is O=C(N[C@@H](c1ccccc1)c1ccco1)N1CCN(C2CC2)CC1. The van der Waals surface area contributed by atoms with Crippen molar-refractivity contribution in [1.29, 1.82) is 0 Å². The van der Waals surface area contributed by atoms with Crippen molar-refractivity contribution in [3.8, 4) is 0 Å². The van der Waals surface area contributed by atoms with Crippen LogP contribution in [-0.2, 0) is 0 Å². The van der Waals surface area contributed by atoms with Gasteiger partial charge in [-0.25, -0.2) is 4.79 Å². The normalized spacial score (nSPS) is 19.9. The van der Waals surface area contributed by atoms with Gasteiger partial charge in [0.05, 0.1) is 6.26 Å². The number of piperazine rings is 1. The summed E-state index contributed by atoms with van der Waals surface area (Å²) in [7, 11) is 0. The summed E-state index contributed by atoms with van der Waals surface area (Å²) in [6.45, 7) is 3.55. The highest BCUT2D eigenvalue weighted by Crippen LogP contribution is 2.28. The Balaban J connectivity index is 1.43. The van der Waals surface area contributed by atoms with E-state index in [1.54, 1.807) is 6.26 Å². The first-order valence-electron chi connectivity index (χ1n) is 8.69. The third-order valence-electron chi connectivity index (χ3n) is 4.89. The number of carbonyl (C=O) groups is 1. The number of furan rings is 1. The monoisotopic (exact) mass is 325 g/mol. The Morgan fingerprint density at radius 3 is 2.42 bits per heavy atom. The van der Waals surface area contributed by atoms with Gasteiger partial charge in [0.2, 0.25) is 0 Å². The molecule has 2 aromatic rings. The molecule has 126 valence electrons. The summed E-state index contributed by atoms with van der Waals surface area (Å²) in [6, 6.07) is 14.2. The number of hydrogen-bond acceptors (Lipinski definition) is 3. The van der Waals surface area contributed by atoms with E-state index in [2.05, 4.69) is 10.2 Å². The van der Waals surface area contributed by atoms with Crippen LogP contribution in [0, 0.1) is 0 Å². The minimum Gasteiger partial charge on any atom is -0.467 e. The van der Waals surface area contributed by atoms with E-state index < -0.39 is 0 Å². The van der Waals surface area contributed by atoms with Gasteiger partial charge in [0.1, 0.15) is 11.8 Å². The minimum absolute atomic E-state index is 0.0179. The van der Waals surface area contributed by atoms with Gasteiger partial charge in [0, 0.05) is 32.2 Å². The van der Waals surface area contributed by atoms with Crippen LogP contribution in [0.25, 0.3) is 0 Å². The molecule has 1 saturated carbocycles. The second-order valence-corrected chi connectivity index (χ2v) is 6.56. The maximum absolute atomic E-state index is 12.7. The molecular weight excluding hydrogens is 302 g/mol. The number of nitrogens with one attached hydrogen (secondary N) is 1. The zero-order chi connectivity index (χ0) is 16.4. The zero-order valence-electron chi connectivity index (χ0n) is 13.7. The molecule has 2 fully saturated rings. The number of benzene rings is 1. The summed E-state index contributed by atoms with van der Waals surface area (Å²) >= 11 is 0. The quantitative estimate of drug-likeness (QED) is 0.940. The van der Waals surface area contributed by atoms with Crippen molar-refractivity contribution in [3.05, 3.63) is 60.1 Å². The number of amides is 2. The van der Waals surface area contributed by atoms with Crippen LogP contribution in [0.2, 0.25) is 0 Å². The second-order valence-electron chi connectivity index (χ2n) is 6.56. The maximum atomic E-state index is 12.7. The lowest BCUT2D eigenvalue weighted by atomic mass is 10.0. The number of hydrogen-bond donors (Lipinski definition) is 1. The molecule has 2 amide bonds. The average molecular weight is 325 g/mol. The fourth-order valence-corrected chi connectivity index (χ4v) is 3.36. The van der Waals surface area contributed by atoms with E-state index in [0.717, 1.165) is 43.5 Å². The molecule has 5 heteroatoms. The molecule has 1 aliphatic heterocycles. The highest BCUT2D eigenvalue weighted by atomic mass is 16.3. The predicted molar refractivity (Wildman–Crippen MR) is 91.7 cm³/mol. The summed E-state index contributed by atoms with van der Waals surface area (Å²) in [4.78, 5) is 17.1. The van der Waals surface area contributed by atoms with E-state index >= 15 is 0 Å². The van der Waals surface area contributed by atoms with Gasteiger partial charge in [0.25, 0.3) is 0 Å². The Hall–Kier alpha value is -2.27. The Morgan fingerprint density at radius 1 is 1.04 bits per heavy atom. The molecule has 2 heterocycles. The van der Waals surface area contributed by atoms with Crippen LogP contribution in [0.4, 0.5) is 4.79 Å². The molecule has 1 aromatic carbocycles. The fourth-order valence-electron chi connectivity index (χ4n) is 3.36. The Kier molecular flexibility index (Phi) is 4.26. The second kappa shape index (κ2) is 6.69. The highest BCUT2D eigenvalue weighted by molar-refractivity contribution is 5.75. The molecule has 1 aromatic heterocycles. The van der Waals surface area contributed by atoms with E-state index in [-0.39, 0.29) is 12.1 Å². The van der Waals surface area contributed by atoms with Gasteiger partial charge in [-0.2, -0.15) is 0 Å². The first-order valence-corrected chi connectivity index (χ1v) is 8.69. The predicted octanol–water partition coefficient (Wildman–Crippen LogP) is 2.86. The molecule has 4 rings (SSSR count). The lowest BCUT2D eigenvalue weighted by Crippen LogP contribution is -2.52. The molecule has 1 aliphatic carbocycles. The van der Waals surface area contributed by atoms with Crippen molar-refractivity contribution in [1.82, 2.24) is 15.1 Å². The van der Waals surface area contributed by atoms with Crippen molar-refractivity contribution >= 4 is 6.03 Å². The Bertz CT molecular complexity index is 659. The molecule has 0 radical (unpaired) electrons. The molecular formula is C19H23N3O2. The van der Waals surface area contributed by atoms with E-state index in [0.29, 0.717) is 0 Å². The summed E-state index contributed by atoms with van der Waals surface area (Å²) in [5.41, 5.74) is 1.03. The smallest absolute Gasteiger partial charge is 0.318 e. The first kappa shape index (κ1) is 15.3. The summed E-state index contributed by atoms with van der Waals surface area (Å²) in [5, 5.41) is 3.14. The van der Waals surface area contributed by atoms with Crippen molar-refractivity contribution in [2.75, 3.05) is 26.2 Å². The number of nitrogens with zero attached hydrogens (tertiary/aromatic N) is 2. The lowest BCUT2D eigenvalue weighted by molar-refractivity contribution is 0.133. The van der Waals surface area contributed by atoms with Crippen LogP contribution in [-0.4, -0.2) is 48.1 Å². The van der Waals surface area contributed by atoms with Gasteiger partial charge in [-0.3, -0.25) is 4.90 Å². The van der Waals surface area contributed by atoms with E-state index in [1.165, 1.54) is 12.8 Å². The molecule has 5 nitrogen and oxygen atoms in total. The van der Waals surface area contributed by atoms with Crippen LogP contribution in [0.15, 0.2) is 53.1 Å². The minimum atomic E-state index is -0.254. The standard InChI is InChI=1S/C19H23N3O2/c23-19(22-12-10-21(11-13-22)16-8-9-16)20-18(17-7-4-14-24-17)15-5-2-1-3-6-15/h1-7,14,16,18H,8-13H2,(H,20,23)/t18-/m0/s1.